The van der Waals surface area contributed by atoms with Gasteiger partial charge in [0.15, 0.2) is 11.5 Å². The Morgan fingerprint density at radius 3 is 2.62 bits per heavy atom. The lowest BCUT2D eigenvalue weighted by Gasteiger charge is -2.17. The van der Waals surface area contributed by atoms with E-state index < -0.39 is 0 Å². The van der Waals surface area contributed by atoms with Gasteiger partial charge in [-0.2, -0.15) is 0 Å². The van der Waals surface area contributed by atoms with Gasteiger partial charge in [-0.1, -0.05) is 42.5 Å². The highest BCUT2D eigenvalue weighted by molar-refractivity contribution is 5.95. The van der Waals surface area contributed by atoms with Crippen LogP contribution in [0.4, 0.5) is 0 Å². The average molecular weight is 347 g/mol. The molecule has 0 spiro atoms. The first-order valence-corrected chi connectivity index (χ1v) is 8.90. The van der Waals surface area contributed by atoms with Gasteiger partial charge in [-0.25, -0.2) is 0 Å². The highest BCUT2D eigenvalue weighted by Gasteiger charge is 2.17. The number of fused-ring (bicyclic) bond motifs is 2. The van der Waals surface area contributed by atoms with Crippen LogP contribution in [-0.2, 0) is 0 Å². The largest absolute Gasteiger partial charge is 0.490 e. The first kappa shape index (κ1) is 16.5. The lowest BCUT2D eigenvalue weighted by molar-refractivity contribution is 0.0939. The van der Waals surface area contributed by atoms with Crippen molar-refractivity contribution in [3.63, 3.8) is 0 Å². The molecular weight excluding hydrogens is 326 g/mol. The fourth-order valence-electron chi connectivity index (χ4n) is 3.29. The zero-order valence-corrected chi connectivity index (χ0v) is 14.7. The Labute approximate surface area is 152 Å². The van der Waals surface area contributed by atoms with Gasteiger partial charge in [0.2, 0.25) is 0 Å². The molecule has 1 aliphatic heterocycles. The van der Waals surface area contributed by atoms with Gasteiger partial charge in [0.25, 0.3) is 5.91 Å². The molecule has 0 radical (unpaired) electrons. The lowest BCUT2D eigenvalue weighted by atomic mass is 9.99. The fraction of sp³-hybridized carbons (Fsp3) is 0.227. The second-order valence-electron chi connectivity index (χ2n) is 6.48. The monoisotopic (exact) mass is 347 g/mol. The van der Waals surface area contributed by atoms with E-state index in [9.17, 15) is 4.79 Å². The third kappa shape index (κ3) is 3.23. The number of amides is 1. The number of nitrogens with one attached hydrogen (secondary N) is 1. The number of hydrogen-bond donors (Lipinski definition) is 1. The van der Waals surface area contributed by atoms with E-state index >= 15 is 0 Å². The van der Waals surface area contributed by atoms with E-state index in [0.717, 1.165) is 17.4 Å². The van der Waals surface area contributed by atoms with Crippen LogP contribution in [0, 0.1) is 0 Å². The van der Waals surface area contributed by atoms with Crippen molar-refractivity contribution in [2.75, 3.05) is 13.2 Å². The standard InChI is InChI=1S/C22H21NO3/c1-15(18-9-4-7-16-6-2-3-8-19(16)18)23-22(24)17-10-11-20-21(14-17)26-13-5-12-25-20/h2-4,6-11,14-15H,5,12-13H2,1H3,(H,23,24). The predicted molar refractivity (Wildman–Crippen MR) is 102 cm³/mol. The van der Waals surface area contributed by atoms with Crippen molar-refractivity contribution in [2.24, 2.45) is 0 Å². The van der Waals surface area contributed by atoms with Crippen molar-refractivity contribution >= 4 is 16.7 Å². The molecule has 0 fully saturated rings. The minimum Gasteiger partial charge on any atom is -0.490 e. The van der Waals surface area contributed by atoms with Crippen LogP contribution >= 0.6 is 0 Å². The van der Waals surface area contributed by atoms with Crippen molar-refractivity contribution in [3.8, 4) is 11.5 Å². The third-order valence-corrected chi connectivity index (χ3v) is 4.65. The summed E-state index contributed by atoms with van der Waals surface area (Å²) < 4.78 is 11.3. The third-order valence-electron chi connectivity index (χ3n) is 4.65. The topological polar surface area (TPSA) is 47.6 Å². The van der Waals surface area contributed by atoms with Gasteiger partial charge >= 0.3 is 0 Å². The molecule has 4 nitrogen and oxygen atoms in total. The Morgan fingerprint density at radius 2 is 1.73 bits per heavy atom. The molecule has 1 amide bonds. The summed E-state index contributed by atoms with van der Waals surface area (Å²) >= 11 is 0. The normalized spacial score (nSPS) is 14.5. The first-order chi connectivity index (χ1) is 12.7. The summed E-state index contributed by atoms with van der Waals surface area (Å²) in [7, 11) is 0. The predicted octanol–water partition coefficient (Wildman–Crippen LogP) is 4.49. The Kier molecular flexibility index (Phi) is 4.48. The van der Waals surface area contributed by atoms with Gasteiger partial charge < -0.3 is 14.8 Å². The summed E-state index contributed by atoms with van der Waals surface area (Å²) in [5.74, 6) is 1.20. The Hall–Kier alpha value is -3.01. The van der Waals surface area contributed by atoms with Gasteiger partial charge in [0.05, 0.1) is 19.3 Å². The quantitative estimate of drug-likeness (QED) is 0.759. The van der Waals surface area contributed by atoms with Gasteiger partial charge in [-0.3, -0.25) is 4.79 Å². The molecule has 1 aliphatic rings. The highest BCUT2D eigenvalue weighted by atomic mass is 16.5. The van der Waals surface area contributed by atoms with Crippen LogP contribution in [0.3, 0.4) is 0 Å². The maximum Gasteiger partial charge on any atom is 0.251 e. The summed E-state index contributed by atoms with van der Waals surface area (Å²) in [5.41, 5.74) is 1.67. The summed E-state index contributed by atoms with van der Waals surface area (Å²) in [6.07, 6.45) is 0.842. The molecule has 4 rings (SSSR count). The van der Waals surface area contributed by atoms with Gasteiger partial charge in [0, 0.05) is 12.0 Å². The van der Waals surface area contributed by atoms with E-state index in [1.807, 2.05) is 25.1 Å². The molecule has 4 heteroatoms. The second-order valence-corrected chi connectivity index (χ2v) is 6.48. The van der Waals surface area contributed by atoms with Crippen LogP contribution in [-0.4, -0.2) is 19.1 Å². The van der Waals surface area contributed by atoms with E-state index in [-0.39, 0.29) is 11.9 Å². The molecule has 132 valence electrons. The van der Waals surface area contributed by atoms with E-state index in [4.69, 9.17) is 9.47 Å². The smallest absolute Gasteiger partial charge is 0.251 e. The molecular formula is C22H21NO3. The number of rotatable bonds is 3. The van der Waals surface area contributed by atoms with Gasteiger partial charge in [-0.05, 0) is 41.5 Å². The molecule has 3 aromatic carbocycles. The van der Waals surface area contributed by atoms with Crippen molar-refractivity contribution in [2.45, 2.75) is 19.4 Å². The van der Waals surface area contributed by atoms with Crippen LogP contribution in [0.25, 0.3) is 10.8 Å². The molecule has 1 heterocycles. The molecule has 1 unspecified atom stereocenters. The van der Waals surface area contributed by atoms with Crippen molar-refractivity contribution in [1.29, 1.82) is 0 Å². The molecule has 0 aliphatic carbocycles. The molecule has 0 saturated carbocycles. The minimum absolute atomic E-state index is 0.107. The number of carbonyl (C=O) groups excluding carboxylic acids is 1. The first-order valence-electron chi connectivity index (χ1n) is 8.90. The van der Waals surface area contributed by atoms with Crippen LogP contribution in [0.5, 0.6) is 11.5 Å². The van der Waals surface area contributed by atoms with Crippen molar-refractivity contribution < 1.29 is 14.3 Å². The SMILES string of the molecule is CC(NC(=O)c1ccc2c(c1)OCCCO2)c1cccc2ccccc12. The molecule has 26 heavy (non-hydrogen) atoms. The highest BCUT2D eigenvalue weighted by Crippen LogP contribution is 2.31. The second kappa shape index (κ2) is 7.08. The number of benzene rings is 3. The fourth-order valence-corrected chi connectivity index (χ4v) is 3.29. The summed E-state index contributed by atoms with van der Waals surface area (Å²) in [5, 5.41) is 5.41. The summed E-state index contributed by atoms with van der Waals surface area (Å²) in [4.78, 5) is 12.7. The Balaban J connectivity index is 1.57. The number of hydrogen-bond acceptors (Lipinski definition) is 3. The molecule has 0 aromatic heterocycles. The van der Waals surface area contributed by atoms with Crippen LogP contribution in [0.15, 0.2) is 60.7 Å². The molecule has 1 atom stereocenters. The van der Waals surface area contributed by atoms with Gasteiger partial charge in [0.1, 0.15) is 0 Å². The average Bonchev–Trinajstić information content (AvgIpc) is 2.92. The number of ether oxygens (including phenoxy) is 2. The zero-order valence-electron chi connectivity index (χ0n) is 14.7. The van der Waals surface area contributed by atoms with Crippen LogP contribution in [0.1, 0.15) is 35.3 Å². The number of carbonyl (C=O) groups is 1. The van der Waals surface area contributed by atoms with E-state index in [2.05, 4.69) is 29.6 Å². The summed E-state index contributed by atoms with van der Waals surface area (Å²) in [6.45, 7) is 3.24. The van der Waals surface area contributed by atoms with Crippen LogP contribution in [0.2, 0.25) is 0 Å². The minimum atomic E-state index is -0.124. The Bertz CT molecular complexity index is 946. The van der Waals surface area contributed by atoms with Crippen molar-refractivity contribution in [3.05, 3.63) is 71.8 Å². The molecule has 0 saturated heterocycles. The van der Waals surface area contributed by atoms with Crippen LogP contribution < -0.4 is 14.8 Å². The zero-order chi connectivity index (χ0) is 17.9. The van der Waals surface area contributed by atoms with E-state index in [1.165, 1.54) is 5.39 Å². The molecule has 3 aromatic rings. The Morgan fingerprint density at radius 1 is 0.962 bits per heavy atom. The maximum absolute atomic E-state index is 12.7. The lowest BCUT2D eigenvalue weighted by Crippen LogP contribution is -2.26. The van der Waals surface area contributed by atoms with Crippen molar-refractivity contribution in [1.82, 2.24) is 5.32 Å². The maximum atomic E-state index is 12.7. The van der Waals surface area contributed by atoms with E-state index in [0.29, 0.717) is 30.3 Å². The molecule has 0 bridgehead atoms. The molecule has 1 N–H and O–H groups in total. The van der Waals surface area contributed by atoms with Gasteiger partial charge in [-0.15, -0.1) is 0 Å². The summed E-state index contributed by atoms with van der Waals surface area (Å²) in [6, 6.07) is 19.6. The van der Waals surface area contributed by atoms with E-state index in [1.54, 1.807) is 18.2 Å².